The van der Waals surface area contributed by atoms with Crippen LogP contribution >= 0.6 is 0 Å². The Labute approximate surface area is 91.3 Å². The highest BCUT2D eigenvalue weighted by Crippen LogP contribution is 2.22. The highest BCUT2D eigenvalue weighted by atomic mass is 19.1. The van der Waals surface area contributed by atoms with Crippen molar-refractivity contribution in [2.75, 3.05) is 6.61 Å². The average molecular weight is 210 g/mol. The van der Waals surface area contributed by atoms with E-state index in [1.54, 1.807) is 19.1 Å². The third kappa shape index (κ3) is 3.90. The number of aryl methyl sites for hydroxylation is 1. The van der Waals surface area contributed by atoms with Gasteiger partial charge >= 0.3 is 0 Å². The van der Waals surface area contributed by atoms with Crippen LogP contribution in [0.2, 0.25) is 0 Å². The molecule has 1 rings (SSSR count). The lowest BCUT2D eigenvalue weighted by atomic mass is 9.93. The molecule has 0 spiro atoms. The van der Waals surface area contributed by atoms with Gasteiger partial charge in [0.2, 0.25) is 0 Å². The van der Waals surface area contributed by atoms with Crippen molar-refractivity contribution in [2.45, 2.75) is 34.1 Å². The summed E-state index contributed by atoms with van der Waals surface area (Å²) in [5.74, 6) is 0.116. The van der Waals surface area contributed by atoms with Crippen LogP contribution < -0.4 is 4.74 Å². The number of hydrogen-bond acceptors (Lipinski definition) is 1. The average Bonchev–Trinajstić information content (AvgIpc) is 2.10. The predicted octanol–water partition coefficient (Wildman–Crippen LogP) is 3.95. The fourth-order valence-corrected chi connectivity index (χ4v) is 1.20. The Balaban J connectivity index is 2.55. The molecule has 0 amide bonds. The number of rotatable bonds is 3. The summed E-state index contributed by atoms with van der Waals surface area (Å²) in [4.78, 5) is 0. The van der Waals surface area contributed by atoms with Gasteiger partial charge < -0.3 is 4.74 Å². The first kappa shape index (κ1) is 12.0. The molecular weight excluding hydrogens is 191 g/mol. The molecule has 2 heteroatoms. The van der Waals surface area contributed by atoms with Gasteiger partial charge in [0.25, 0.3) is 0 Å². The molecule has 0 bridgehead atoms. The summed E-state index contributed by atoms with van der Waals surface area (Å²) in [5, 5.41) is 0. The molecule has 0 heterocycles. The minimum Gasteiger partial charge on any atom is -0.490 e. The van der Waals surface area contributed by atoms with Crippen LogP contribution in [0, 0.1) is 18.2 Å². The number of benzene rings is 1. The quantitative estimate of drug-likeness (QED) is 0.734. The smallest absolute Gasteiger partial charge is 0.167 e. The second-order valence-electron chi connectivity index (χ2n) is 5.05. The van der Waals surface area contributed by atoms with Gasteiger partial charge in [-0.3, -0.25) is 0 Å². The van der Waals surface area contributed by atoms with Crippen molar-refractivity contribution in [3.05, 3.63) is 29.6 Å². The first-order valence-corrected chi connectivity index (χ1v) is 5.28. The molecular formula is C13H19FO. The Morgan fingerprint density at radius 2 is 1.93 bits per heavy atom. The molecule has 0 radical (unpaired) electrons. The number of ether oxygens (including phenoxy) is 1. The van der Waals surface area contributed by atoms with Crippen LogP contribution in [-0.4, -0.2) is 6.61 Å². The van der Waals surface area contributed by atoms with Gasteiger partial charge in [0, 0.05) is 0 Å². The van der Waals surface area contributed by atoms with Gasteiger partial charge in [0.05, 0.1) is 6.61 Å². The minimum atomic E-state index is -0.244. The molecule has 84 valence electrons. The van der Waals surface area contributed by atoms with Gasteiger partial charge in [-0.25, -0.2) is 4.39 Å². The Hall–Kier alpha value is -1.05. The third-order valence-electron chi connectivity index (χ3n) is 2.27. The topological polar surface area (TPSA) is 9.23 Å². The summed E-state index contributed by atoms with van der Waals surface area (Å²) in [6.07, 6.45) is 0.917. The summed E-state index contributed by atoms with van der Waals surface area (Å²) >= 11 is 0. The van der Waals surface area contributed by atoms with Gasteiger partial charge in [-0.1, -0.05) is 32.9 Å². The Morgan fingerprint density at radius 3 is 2.53 bits per heavy atom. The van der Waals surface area contributed by atoms with Crippen molar-refractivity contribution in [2.24, 2.45) is 5.41 Å². The van der Waals surface area contributed by atoms with Crippen LogP contribution in [0.25, 0.3) is 0 Å². The van der Waals surface area contributed by atoms with Gasteiger partial charge in [-0.2, -0.15) is 0 Å². The number of hydrogen-bond donors (Lipinski definition) is 0. The predicted molar refractivity (Wildman–Crippen MR) is 60.7 cm³/mol. The molecule has 0 unspecified atom stereocenters. The Morgan fingerprint density at radius 1 is 1.27 bits per heavy atom. The molecule has 0 N–H and O–H groups in total. The lowest BCUT2D eigenvalue weighted by molar-refractivity contribution is 0.235. The molecule has 0 aliphatic carbocycles. The summed E-state index contributed by atoms with van der Waals surface area (Å²) in [5.41, 5.74) is 0.851. The van der Waals surface area contributed by atoms with Crippen LogP contribution in [0.15, 0.2) is 18.2 Å². The second-order valence-corrected chi connectivity index (χ2v) is 5.05. The molecule has 15 heavy (non-hydrogen) atoms. The normalized spacial score (nSPS) is 11.5. The van der Waals surface area contributed by atoms with Crippen molar-refractivity contribution in [1.29, 1.82) is 0 Å². The van der Waals surface area contributed by atoms with Crippen LogP contribution in [0.4, 0.5) is 4.39 Å². The molecule has 0 aliphatic rings. The minimum absolute atomic E-state index is 0.223. The van der Waals surface area contributed by atoms with Crippen LogP contribution in [0.3, 0.4) is 0 Å². The molecule has 0 saturated carbocycles. The van der Waals surface area contributed by atoms with Crippen molar-refractivity contribution < 1.29 is 9.13 Å². The van der Waals surface area contributed by atoms with Gasteiger partial charge in [-0.05, 0) is 30.4 Å². The van der Waals surface area contributed by atoms with Crippen LogP contribution in [0.1, 0.15) is 32.8 Å². The van der Waals surface area contributed by atoms with E-state index in [4.69, 9.17) is 4.74 Å². The van der Waals surface area contributed by atoms with E-state index in [1.807, 2.05) is 6.07 Å². The van der Waals surface area contributed by atoms with Crippen LogP contribution in [-0.2, 0) is 0 Å². The maximum absolute atomic E-state index is 13.5. The summed E-state index contributed by atoms with van der Waals surface area (Å²) in [7, 11) is 0. The molecule has 0 aromatic heterocycles. The van der Waals surface area contributed by atoms with Gasteiger partial charge in [-0.15, -0.1) is 0 Å². The Kier molecular flexibility index (Phi) is 3.72. The zero-order chi connectivity index (χ0) is 11.5. The zero-order valence-corrected chi connectivity index (χ0v) is 9.93. The summed E-state index contributed by atoms with van der Waals surface area (Å²) in [6, 6.07) is 5.22. The van der Waals surface area contributed by atoms with Crippen molar-refractivity contribution >= 4 is 0 Å². The SMILES string of the molecule is Cc1cccc(OCCC(C)(C)C)c1F. The van der Waals surface area contributed by atoms with E-state index in [1.165, 1.54) is 0 Å². The fraction of sp³-hybridized carbons (Fsp3) is 0.538. The first-order chi connectivity index (χ1) is 6.90. The van der Waals surface area contributed by atoms with E-state index in [0.717, 1.165) is 6.42 Å². The van der Waals surface area contributed by atoms with E-state index in [9.17, 15) is 4.39 Å². The largest absolute Gasteiger partial charge is 0.490 e. The molecule has 0 saturated heterocycles. The van der Waals surface area contributed by atoms with E-state index in [0.29, 0.717) is 17.9 Å². The maximum Gasteiger partial charge on any atom is 0.167 e. The highest BCUT2D eigenvalue weighted by molar-refractivity contribution is 5.29. The molecule has 1 aromatic rings. The molecule has 1 aromatic carbocycles. The van der Waals surface area contributed by atoms with Crippen molar-refractivity contribution in [3.8, 4) is 5.75 Å². The highest BCUT2D eigenvalue weighted by Gasteiger charge is 2.11. The van der Waals surface area contributed by atoms with Crippen molar-refractivity contribution in [3.63, 3.8) is 0 Å². The number of halogens is 1. The van der Waals surface area contributed by atoms with Crippen molar-refractivity contribution in [1.82, 2.24) is 0 Å². The second kappa shape index (κ2) is 4.65. The molecule has 0 fully saturated rings. The molecule has 0 atom stereocenters. The third-order valence-corrected chi connectivity index (χ3v) is 2.27. The van der Waals surface area contributed by atoms with Gasteiger partial charge in [0.15, 0.2) is 11.6 Å². The van der Waals surface area contributed by atoms with E-state index < -0.39 is 0 Å². The zero-order valence-electron chi connectivity index (χ0n) is 9.93. The summed E-state index contributed by atoms with van der Waals surface area (Å²) < 4.78 is 18.9. The first-order valence-electron chi connectivity index (χ1n) is 5.28. The Bertz CT molecular complexity index is 326. The van der Waals surface area contributed by atoms with Gasteiger partial charge in [0.1, 0.15) is 0 Å². The standard InChI is InChI=1S/C13H19FO/c1-10-6-5-7-11(12(10)14)15-9-8-13(2,3)4/h5-7H,8-9H2,1-4H3. The lowest BCUT2D eigenvalue weighted by Crippen LogP contribution is -2.11. The van der Waals surface area contributed by atoms with E-state index in [2.05, 4.69) is 20.8 Å². The van der Waals surface area contributed by atoms with E-state index >= 15 is 0 Å². The lowest BCUT2D eigenvalue weighted by Gasteiger charge is -2.18. The molecule has 1 nitrogen and oxygen atoms in total. The fourth-order valence-electron chi connectivity index (χ4n) is 1.20. The van der Waals surface area contributed by atoms with Crippen LogP contribution in [0.5, 0.6) is 5.75 Å². The summed E-state index contributed by atoms with van der Waals surface area (Å²) in [6.45, 7) is 8.73. The van der Waals surface area contributed by atoms with E-state index in [-0.39, 0.29) is 11.2 Å². The monoisotopic (exact) mass is 210 g/mol. The maximum atomic E-state index is 13.5. The molecule has 0 aliphatic heterocycles.